The summed E-state index contributed by atoms with van der Waals surface area (Å²) in [5, 5.41) is 22.2. The Hall–Kier alpha value is -1.92. The Morgan fingerprint density at radius 3 is 2.65 bits per heavy atom. The van der Waals surface area contributed by atoms with Crippen LogP contribution in [0.5, 0.6) is 0 Å². The number of nitrogen functional groups attached to an aromatic ring is 1. The Kier molecular flexibility index (Phi) is 3.36. The number of anilines is 1. The molecule has 0 saturated heterocycles. The standard InChI is InChI=1S/C11H14N4O2/c12-9-3-1-8(2-4-9)11-13-7-15(14-11)5-10(17)6-16/h1-4,7,10,16-17H,5-6,12H2. The first kappa shape index (κ1) is 11.6. The fourth-order valence-corrected chi connectivity index (χ4v) is 1.42. The molecule has 2 aromatic rings. The quantitative estimate of drug-likeness (QED) is 0.641. The highest BCUT2D eigenvalue weighted by molar-refractivity contribution is 5.57. The van der Waals surface area contributed by atoms with E-state index in [4.69, 9.17) is 10.8 Å². The second-order valence-corrected chi connectivity index (χ2v) is 3.75. The molecule has 0 aliphatic carbocycles. The number of aromatic nitrogens is 3. The van der Waals surface area contributed by atoms with E-state index in [0.717, 1.165) is 5.56 Å². The summed E-state index contributed by atoms with van der Waals surface area (Å²) in [5.74, 6) is 0.565. The molecule has 1 heterocycles. The summed E-state index contributed by atoms with van der Waals surface area (Å²) < 4.78 is 1.49. The van der Waals surface area contributed by atoms with Crippen LogP contribution >= 0.6 is 0 Å². The lowest BCUT2D eigenvalue weighted by Gasteiger charge is -2.05. The van der Waals surface area contributed by atoms with Crippen LogP contribution in [0.15, 0.2) is 30.6 Å². The molecule has 6 heteroatoms. The van der Waals surface area contributed by atoms with Crippen molar-refractivity contribution in [3.05, 3.63) is 30.6 Å². The summed E-state index contributed by atoms with van der Waals surface area (Å²) in [4.78, 5) is 4.12. The molecule has 90 valence electrons. The van der Waals surface area contributed by atoms with Gasteiger partial charge in [-0.25, -0.2) is 9.67 Å². The van der Waals surface area contributed by atoms with Crippen LogP contribution in [0.1, 0.15) is 0 Å². The summed E-state index contributed by atoms with van der Waals surface area (Å²) in [5.41, 5.74) is 7.13. The van der Waals surface area contributed by atoms with Crippen molar-refractivity contribution in [2.24, 2.45) is 0 Å². The molecule has 2 rings (SSSR count). The number of hydrogen-bond donors (Lipinski definition) is 3. The van der Waals surface area contributed by atoms with Gasteiger partial charge in [-0.3, -0.25) is 0 Å². The first-order valence-corrected chi connectivity index (χ1v) is 5.23. The molecule has 0 aliphatic heterocycles. The molecule has 0 aliphatic rings. The molecule has 0 fully saturated rings. The Morgan fingerprint density at radius 2 is 2.00 bits per heavy atom. The van der Waals surface area contributed by atoms with E-state index in [2.05, 4.69) is 10.1 Å². The third-order valence-electron chi connectivity index (χ3n) is 2.31. The van der Waals surface area contributed by atoms with Crippen LogP contribution < -0.4 is 5.73 Å². The van der Waals surface area contributed by atoms with Gasteiger partial charge in [-0.1, -0.05) is 0 Å². The first-order valence-electron chi connectivity index (χ1n) is 5.23. The van der Waals surface area contributed by atoms with Crippen molar-refractivity contribution in [3.63, 3.8) is 0 Å². The van der Waals surface area contributed by atoms with Gasteiger partial charge in [0.1, 0.15) is 6.33 Å². The van der Waals surface area contributed by atoms with Gasteiger partial charge in [-0.05, 0) is 24.3 Å². The van der Waals surface area contributed by atoms with Crippen LogP contribution in [0.25, 0.3) is 11.4 Å². The first-order chi connectivity index (χ1) is 8.19. The lowest BCUT2D eigenvalue weighted by atomic mass is 10.2. The lowest BCUT2D eigenvalue weighted by molar-refractivity contribution is 0.0782. The Labute approximate surface area is 98.3 Å². The van der Waals surface area contributed by atoms with Gasteiger partial charge in [-0.15, -0.1) is 0 Å². The van der Waals surface area contributed by atoms with Crippen LogP contribution in [0.3, 0.4) is 0 Å². The van der Waals surface area contributed by atoms with E-state index in [1.54, 1.807) is 12.1 Å². The molecular formula is C11H14N4O2. The van der Waals surface area contributed by atoms with Crippen LogP contribution in [-0.2, 0) is 6.54 Å². The van der Waals surface area contributed by atoms with Crippen molar-refractivity contribution in [1.82, 2.24) is 14.8 Å². The highest BCUT2D eigenvalue weighted by Crippen LogP contribution is 2.15. The maximum atomic E-state index is 9.27. The van der Waals surface area contributed by atoms with Crippen LogP contribution in [0, 0.1) is 0 Å². The number of nitrogens with zero attached hydrogens (tertiary/aromatic N) is 3. The van der Waals surface area contributed by atoms with Crippen LogP contribution in [0.2, 0.25) is 0 Å². The smallest absolute Gasteiger partial charge is 0.181 e. The summed E-state index contributed by atoms with van der Waals surface area (Å²) in [6, 6.07) is 7.21. The Bertz CT molecular complexity index is 480. The van der Waals surface area contributed by atoms with Gasteiger partial charge in [0.05, 0.1) is 19.3 Å². The van der Waals surface area contributed by atoms with Crippen molar-refractivity contribution in [2.45, 2.75) is 12.6 Å². The van der Waals surface area contributed by atoms with E-state index in [1.165, 1.54) is 11.0 Å². The van der Waals surface area contributed by atoms with E-state index in [-0.39, 0.29) is 13.2 Å². The molecule has 1 aromatic carbocycles. The predicted octanol–water partition coefficient (Wildman–Crippen LogP) is -0.120. The number of aliphatic hydroxyl groups excluding tert-OH is 2. The second kappa shape index (κ2) is 4.94. The van der Waals surface area contributed by atoms with Gasteiger partial charge in [0.15, 0.2) is 5.82 Å². The zero-order chi connectivity index (χ0) is 12.3. The average Bonchev–Trinajstić information content (AvgIpc) is 2.78. The van der Waals surface area contributed by atoms with Crippen molar-refractivity contribution in [3.8, 4) is 11.4 Å². The number of nitrogens with two attached hydrogens (primary N) is 1. The van der Waals surface area contributed by atoms with Crippen molar-refractivity contribution < 1.29 is 10.2 Å². The topological polar surface area (TPSA) is 97.2 Å². The summed E-state index contributed by atoms with van der Waals surface area (Å²) in [7, 11) is 0. The maximum absolute atomic E-state index is 9.27. The van der Waals surface area contributed by atoms with E-state index < -0.39 is 6.10 Å². The molecule has 17 heavy (non-hydrogen) atoms. The molecular weight excluding hydrogens is 220 g/mol. The monoisotopic (exact) mass is 234 g/mol. The third kappa shape index (κ3) is 2.80. The highest BCUT2D eigenvalue weighted by atomic mass is 16.3. The molecule has 0 amide bonds. The Morgan fingerprint density at radius 1 is 1.29 bits per heavy atom. The van der Waals surface area contributed by atoms with E-state index in [1.807, 2.05) is 12.1 Å². The minimum atomic E-state index is -0.823. The molecule has 0 spiro atoms. The van der Waals surface area contributed by atoms with Crippen molar-refractivity contribution in [1.29, 1.82) is 0 Å². The zero-order valence-electron chi connectivity index (χ0n) is 9.19. The number of aliphatic hydroxyl groups is 2. The third-order valence-corrected chi connectivity index (χ3v) is 2.31. The van der Waals surface area contributed by atoms with Gasteiger partial charge in [0, 0.05) is 11.3 Å². The van der Waals surface area contributed by atoms with Gasteiger partial charge < -0.3 is 15.9 Å². The minimum Gasteiger partial charge on any atom is -0.399 e. The molecule has 1 aromatic heterocycles. The molecule has 4 N–H and O–H groups in total. The van der Waals surface area contributed by atoms with E-state index >= 15 is 0 Å². The highest BCUT2D eigenvalue weighted by Gasteiger charge is 2.07. The fourth-order valence-electron chi connectivity index (χ4n) is 1.42. The molecule has 1 atom stereocenters. The normalized spacial score (nSPS) is 12.6. The van der Waals surface area contributed by atoms with Crippen molar-refractivity contribution >= 4 is 5.69 Å². The van der Waals surface area contributed by atoms with Gasteiger partial charge in [0.2, 0.25) is 0 Å². The van der Waals surface area contributed by atoms with Crippen LogP contribution in [-0.4, -0.2) is 37.7 Å². The number of rotatable bonds is 4. The predicted molar refractivity (Wildman–Crippen MR) is 63.0 cm³/mol. The van der Waals surface area contributed by atoms with Gasteiger partial charge in [-0.2, -0.15) is 5.10 Å². The number of hydrogen-bond acceptors (Lipinski definition) is 5. The van der Waals surface area contributed by atoms with Gasteiger partial charge >= 0.3 is 0 Å². The lowest BCUT2D eigenvalue weighted by Crippen LogP contribution is -2.20. The average molecular weight is 234 g/mol. The SMILES string of the molecule is Nc1ccc(-c2ncn(CC(O)CO)n2)cc1. The largest absolute Gasteiger partial charge is 0.399 e. The second-order valence-electron chi connectivity index (χ2n) is 3.75. The maximum Gasteiger partial charge on any atom is 0.181 e. The molecule has 0 saturated carbocycles. The number of benzene rings is 1. The van der Waals surface area contributed by atoms with E-state index in [9.17, 15) is 5.11 Å². The molecule has 1 unspecified atom stereocenters. The summed E-state index contributed by atoms with van der Waals surface area (Å²) in [6.45, 7) is -0.0739. The fraction of sp³-hybridized carbons (Fsp3) is 0.273. The van der Waals surface area contributed by atoms with Crippen LogP contribution in [0.4, 0.5) is 5.69 Å². The summed E-state index contributed by atoms with van der Waals surface area (Å²) >= 11 is 0. The zero-order valence-corrected chi connectivity index (χ0v) is 9.19. The summed E-state index contributed by atoms with van der Waals surface area (Å²) in [6.07, 6.45) is 0.695. The minimum absolute atomic E-state index is 0.221. The van der Waals surface area contributed by atoms with E-state index in [0.29, 0.717) is 11.5 Å². The molecule has 0 radical (unpaired) electrons. The molecule has 0 bridgehead atoms. The Balaban J connectivity index is 2.15. The van der Waals surface area contributed by atoms with Gasteiger partial charge in [0.25, 0.3) is 0 Å². The molecule has 6 nitrogen and oxygen atoms in total. The van der Waals surface area contributed by atoms with Crippen molar-refractivity contribution in [2.75, 3.05) is 12.3 Å².